The van der Waals surface area contributed by atoms with Gasteiger partial charge in [-0.25, -0.2) is 4.98 Å². The lowest BCUT2D eigenvalue weighted by Gasteiger charge is -2.02. The third-order valence-corrected chi connectivity index (χ3v) is 2.70. The SMILES string of the molecule is Cl.Nc1ccc(-c2cc(=O)c3cccnc3o2)cc1. The highest BCUT2D eigenvalue weighted by molar-refractivity contribution is 5.85. The maximum Gasteiger partial charge on any atom is 0.230 e. The normalized spacial score (nSPS) is 10.1. The Bertz CT molecular complexity index is 766. The Morgan fingerprint density at radius 2 is 1.84 bits per heavy atom. The summed E-state index contributed by atoms with van der Waals surface area (Å²) in [6, 6.07) is 12.0. The van der Waals surface area contributed by atoms with Crippen LogP contribution in [-0.2, 0) is 0 Å². The smallest absolute Gasteiger partial charge is 0.230 e. The van der Waals surface area contributed by atoms with Crippen molar-refractivity contribution in [2.24, 2.45) is 0 Å². The van der Waals surface area contributed by atoms with Crippen molar-refractivity contribution in [3.8, 4) is 11.3 Å². The van der Waals surface area contributed by atoms with Crippen LogP contribution in [0.3, 0.4) is 0 Å². The van der Waals surface area contributed by atoms with E-state index in [4.69, 9.17) is 10.2 Å². The van der Waals surface area contributed by atoms with Crippen molar-refractivity contribution in [1.29, 1.82) is 0 Å². The van der Waals surface area contributed by atoms with Gasteiger partial charge >= 0.3 is 0 Å². The van der Waals surface area contributed by atoms with Crippen molar-refractivity contribution in [2.75, 3.05) is 5.73 Å². The Morgan fingerprint density at radius 3 is 2.58 bits per heavy atom. The highest BCUT2D eigenvalue weighted by Crippen LogP contribution is 2.21. The van der Waals surface area contributed by atoms with E-state index < -0.39 is 0 Å². The molecule has 0 amide bonds. The Morgan fingerprint density at radius 1 is 1.11 bits per heavy atom. The van der Waals surface area contributed by atoms with Gasteiger partial charge in [-0.2, -0.15) is 0 Å². The van der Waals surface area contributed by atoms with Crippen molar-refractivity contribution in [1.82, 2.24) is 4.98 Å². The van der Waals surface area contributed by atoms with E-state index in [1.807, 2.05) is 12.1 Å². The summed E-state index contributed by atoms with van der Waals surface area (Å²) in [7, 11) is 0. The molecule has 5 heteroatoms. The van der Waals surface area contributed by atoms with Crippen LogP contribution in [-0.4, -0.2) is 4.98 Å². The number of benzene rings is 1. The maximum atomic E-state index is 11.9. The van der Waals surface area contributed by atoms with Crippen LogP contribution in [0.1, 0.15) is 0 Å². The third kappa shape index (κ3) is 2.44. The zero-order valence-corrected chi connectivity index (χ0v) is 10.7. The maximum absolute atomic E-state index is 11.9. The fourth-order valence-corrected chi connectivity index (χ4v) is 1.78. The van der Waals surface area contributed by atoms with Crippen LogP contribution in [0.4, 0.5) is 5.69 Å². The largest absolute Gasteiger partial charge is 0.437 e. The number of pyridine rings is 1. The van der Waals surface area contributed by atoms with Crippen LogP contribution in [0.5, 0.6) is 0 Å². The molecule has 1 aromatic carbocycles. The van der Waals surface area contributed by atoms with Crippen LogP contribution in [0, 0.1) is 0 Å². The zero-order chi connectivity index (χ0) is 12.5. The number of nitrogens with two attached hydrogens (primary N) is 1. The number of fused-ring (bicyclic) bond motifs is 1. The summed E-state index contributed by atoms with van der Waals surface area (Å²) in [6.07, 6.45) is 1.60. The molecule has 2 heterocycles. The summed E-state index contributed by atoms with van der Waals surface area (Å²) in [6.45, 7) is 0. The van der Waals surface area contributed by atoms with Gasteiger partial charge in [0.1, 0.15) is 5.76 Å². The summed E-state index contributed by atoms with van der Waals surface area (Å²) in [5.74, 6) is 0.492. The quantitative estimate of drug-likeness (QED) is 0.693. The second kappa shape index (κ2) is 5.12. The minimum absolute atomic E-state index is 0. The number of nitrogen functional groups attached to an aromatic ring is 1. The molecule has 0 spiro atoms. The van der Waals surface area contributed by atoms with E-state index in [-0.39, 0.29) is 17.8 Å². The van der Waals surface area contributed by atoms with Crippen LogP contribution >= 0.6 is 12.4 Å². The van der Waals surface area contributed by atoms with E-state index in [0.717, 1.165) is 5.56 Å². The van der Waals surface area contributed by atoms with Gasteiger partial charge < -0.3 is 10.2 Å². The highest BCUT2D eigenvalue weighted by atomic mass is 35.5. The lowest BCUT2D eigenvalue weighted by atomic mass is 10.1. The summed E-state index contributed by atoms with van der Waals surface area (Å²) >= 11 is 0. The highest BCUT2D eigenvalue weighted by Gasteiger charge is 2.06. The van der Waals surface area contributed by atoms with Crippen molar-refractivity contribution in [3.05, 3.63) is 58.9 Å². The molecule has 0 aliphatic heterocycles. The third-order valence-electron chi connectivity index (χ3n) is 2.70. The number of rotatable bonds is 1. The first-order chi connectivity index (χ1) is 8.74. The first-order valence-electron chi connectivity index (χ1n) is 5.49. The van der Waals surface area contributed by atoms with Gasteiger partial charge in [-0.15, -0.1) is 12.4 Å². The molecule has 0 saturated carbocycles. The molecule has 0 radical (unpaired) electrons. The predicted molar refractivity (Wildman–Crippen MR) is 77.4 cm³/mol. The Balaban J connectivity index is 0.00000133. The number of hydrogen-bond donors (Lipinski definition) is 1. The topological polar surface area (TPSA) is 69.1 Å². The fourth-order valence-electron chi connectivity index (χ4n) is 1.78. The molecule has 4 nitrogen and oxygen atoms in total. The molecule has 2 N–H and O–H groups in total. The predicted octanol–water partition coefficient (Wildman–Crippen LogP) is 2.86. The van der Waals surface area contributed by atoms with E-state index in [1.165, 1.54) is 6.07 Å². The average molecular weight is 275 g/mol. The molecule has 0 fully saturated rings. The van der Waals surface area contributed by atoms with Gasteiger partial charge in [-0.05, 0) is 36.4 Å². The number of anilines is 1. The summed E-state index contributed by atoms with van der Waals surface area (Å²) in [5, 5.41) is 0.483. The number of hydrogen-bond acceptors (Lipinski definition) is 4. The van der Waals surface area contributed by atoms with Gasteiger partial charge in [0.05, 0.1) is 5.39 Å². The second-order valence-corrected chi connectivity index (χ2v) is 3.95. The van der Waals surface area contributed by atoms with Gasteiger partial charge in [0.15, 0.2) is 5.43 Å². The molecule has 2 aromatic heterocycles. The Hall–Kier alpha value is -2.33. The summed E-state index contributed by atoms with van der Waals surface area (Å²) < 4.78 is 5.62. The number of nitrogens with zero attached hydrogens (tertiary/aromatic N) is 1. The van der Waals surface area contributed by atoms with E-state index >= 15 is 0 Å². The number of halogens is 1. The fraction of sp³-hybridized carbons (Fsp3) is 0. The van der Waals surface area contributed by atoms with Crippen molar-refractivity contribution in [2.45, 2.75) is 0 Å². The molecule has 0 saturated heterocycles. The lowest BCUT2D eigenvalue weighted by molar-refractivity contribution is 0.605. The molecule has 0 aliphatic carbocycles. The van der Waals surface area contributed by atoms with E-state index in [2.05, 4.69) is 4.98 Å². The van der Waals surface area contributed by atoms with E-state index in [1.54, 1.807) is 30.5 Å². The Labute approximate surface area is 115 Å². The summed E-state index contributed by atoms with van der Waals surface area (Å²) in [4.78, 5) is 16.0. The van der Waals surface area contributed by atoms with Gasteiger partial charge in [-0.3, -0.25) is 4.79 Å². The van der Waals surface area contributed by atoms with Crippen LogP contribution in [0.2, 0.25) is 0 Å². The van der Waals surface area contributed by atoms with Crippen molar-refractivity contribution >= 4 is 29.2 Å². The first-order valence-corrected chi connectivity index (χ1v) is 5.49. The molecular weight excluding hydrogens is 264 g/mol. The van der Waals surface area contributed by atoms with Crippen molar-refractivity contribution in [3.63, 3.8) is 0 Å². The second-order valence-electron chi connectivity index (χ2n) is 3.95. The number of aromatic nitrogens is 1. The van der Waals surface area contributed by atoms with Gasteiger partial charge in [-0.1, -0.05) is 0 Å². The van der Waals surface area contributed by atoms with Crippen LogP contribution in [0.25, 0.3) is 22.4 Å². The lowest BCUT2D eigenvalue weighted by Crippen LogP contribution is -2.01. The molecule has 96 valence electrons. The van der Waals surface area contributed by atoms with E-state index in [0.29, 0.717) is 22.5 Å². The minimum atomic E-state index is -0.101. The standard InChI is InChI=1S/C14H10N2O2.ClH/c15-10-5-3-9(4-6-10)13-8-12(17)11-2-1-7-16-14(11)18-13;/h1-8H,15H2;1H. The molecule has 0 unspecified atom stereocenters. The van der Waals surface area contributed by atoms with Crippen molar-refractivity contribution < 1.29 is 4.42 Å². The van der Waals surface area contributed by atoms with Gasteiger partial charge in [0.25, 0.3) is 0 Å². The Kier molecular flexibility index (Phi) is 3.53. The molecular formula is C14H11ClN2O2. The molecule has 3 aromatic rings. The zero-order valence-electron chi connectivity index (χ0n) is 9.87. The average Bonchev–Trinajstić information content (AvgIpc) is 2.39. The minimum Gasteiger partial charge on any atom is -0.437 e. The molecule has 19 heavy (non-hydrogen) atoms. The molecule has 0 bridgehead atoms. The first kappa shape index (κ1) is 13.1. The van der Waals surface area contributed by atoms with Gasteiger partial charge in [0, 0.05) is 23.5 Å². The van der Waals surface area contributed by atoms with E-state index in [9.17, 15) is 4.79 Å². The molecule has 3 rings (SSSR count). The molecule has 0 aliphatic rings. The van der Waals surface area contributed by atoms with Crippen LogP contribution < -0.4 is 11.2 Å². The summed E-state index contributed by atoms with van der Waals surface area (Å²) in [5.41, 5.74) is 7.33. The monoisotopic (exact) mass is 274 g/mol. The van der Waals surface area contributed by atoms with Gasteiger partial charge in [0.2, 0.25) is 5.71 Å². The van der Waals surface area contributed by atoms with Crippen LogP contribution in [0.15, 0.2) is 57.9 Å². The molecule has 0 atom stereocenters.